The van der Waals surface area contributed by atoms with Crippen LogP contribution in [0.1, 0.15) is 6.92 Å². The molecule has 124 valence electrons. The van der Waals surface area contributed by atoms with Crippen LogP contribution in [0.5, 0.6) is 5.75 Å². The van der Waals surface area contributed by atoms with Crippen molar-refractivity contribution in [2.75, 3.05) is 5.32 Å². The molecule has 7 nitrogen and oxygen atoms in total. The van der Waals surface area contributed by atoms with Crippen LogP contribution in [-0.2, 0) is 11.8 Å². The van der Waals surface area contributed by atoms with E-state index < -0.39 is 6.10 Å². The third-order valence-corrected chi connectivity index (χ3v) is 3.97. The maximum Gasteiger partial charge on any atom is 0.267 e. The number of aryl methyl sites for hydroxylation is 1. The van der Waals surface area contributed by atoms with Crippen LogP contribution >= 0.6 is 15.9 Å². The normalized spacial score (nSPS) is 12.0. The fourth-order valence-corrected chi connectivity index (χ4v) is 2.44. The number of ether oxygens (including phenoxy) is 1. The van der Waals surface area contributed by atoms with E-state index in [4.69, 9.17) is 9.26 Å². The van der Waals surface area contributed by atoms with E-state index in [2.05, 4.69) is 31.4 Å². The van der Waals surface area contributed by atoms with E-state index in [1.54, 1.807) is 31.5 Å². The van der Waals surface area contributed by atoms with Crippen LogP contribution in [0.2, 0.25) is 0 Å². The molecule has 0 aliphatic rings. The molecule has 0 spiro atoms. The molecule has 8 heteroatoms. The molecule has 3 aromatic rings. The van der Waals surface area contributed by atoms with Gasteiger partial charge in [-0.1, -0.05) is 17.3 Å². The Bertz CT molecular complexity index is 858. The van der Waals surface area contributed by atoms with Gasteiger partial charge in [0.25, 0.3) is 5.91 Å². The number of hydrogen-bond donors (Lipinski definition) is 1. The van der Waals surface area contributed by atoms with Crippen LogP contribution in [-0.4, -0.2) is 26.7 Å². The second-order valence-corrected chi connectivity index (χ2v) is 5.97. The number of halogens is 1. The number of hydrogen-bond acceptors (Lipinski definition) is 5. The Morgan fingerprint density at radius 1 is 1.42 bits per heavy atom. The topological polar surface area (TPSA) is 82.2 Å². The third-order valence-electron chi connectivity index (χ3n) is 3.32. The van der Waals surface area contributed by atoms with E-state index in [0.29, 0.717) is 17.3 Å². The van der Waals surface area contributed by atoms with Crippen LogP contribution < -0.4 is 10.1 Å². The minimum absolute atomic E-state index is 0.237. The number of para-hydroxylation sites is 1. The second-order valence-electron chi connectivity index (χ2n) is 5.12. The Kier molecular flexibility index (Phi) is 4.66. The van der Waals surface area contributed by atoms with Gasteiger partial charge in [-0.05, 0) is 35.0 Å². The Morgan fingerprint density at radius 2 is 2.21 bits per heavy atom. The number of anilines is 1. The number of carbonyl (C=O) groups excluding carboxylic acids is 1. The van der Waals surface area contributed by atoms with E-state index in [0.717, 1.165) is 4.47 Å². The molecule has 0 aliphatic heterocycles. The van der Waals surface area contributed by atoms with Crippen LogP contribution in [0.4, 0.5) is 5.88 Å². The average Bonchev–Trinajstić information content (AvgIpc) is 3.18. The number of amides is 1. The first-order valence-electron chi connectivity index (χ1n) is 7.21. The molecular formula is C16H15BrN4O3. The summed E-state index contributed by atoms with van der Waals surface area (Å²) in [5.74, 6) is 1.14. The highest BCUT2D eigenvalue weighted by molar-refractivity contribution is 9.10. The summed E-state index contributed by atoms with van der Waals surface area (Å²) in [4.78, 5) is 16.4. The zero-order chi connectivity index (χ0) is 17.1. The van der Waals surface area contributed by atoms with Gasteiger partial charge in [0, 0.05) is 25.5 Å². The first kappa shape index (κ1) is 16.3. The van der Waals surface area contributed by atoms with Gasteiger partial charge in [-0.3, -0.25) is 10.1 Å². The number of aromatic nitrogens is 3. The zero-order valence-electron chi connectivity index (χ0n) is 13.1. The lowest BCUT2D eigenvalue weighted by Gasteiger charge is -2.14. The third kappa shape index (κ3) is 3.48. The highest BCUT2D eigenvalue weighted by Crippen LogP contribution is 2.25. The van der Waals surface area contributed by atoms with Crippen molar-refractivity contribution < 1.29 is 14.1 Å². The Hall–Kier alpha value is -2.61. The molecule has 0 aliphatic carbocycles. The number of benzene rings is 1. The maximum atomic E-state index is 12.2. The minimum Gasteiger partial charge on any atom is -0.480 e. The van der Waals surface area contributed by atoms with Crippen molar-refractivity contribution in [1.29, 1.82) is 0 Å². The standard InChI is InChI=1S/C16H15BrN4O3/c1-10(23-13-6-4-3-5-11(13)17)16(22)19-14-9-12(20-24-14)15-18-7-8-21(15)2/h3-10H,1-2H3,(H,19,22)/t10-/m0/s1. The molecule has 2 aromatic heterocycles. The van der Waals surface area contributed by atoms with Crippen LogP contribution in [0, 0.1) is 0 Å². The number of rotatable bonds is 5. The number of nitrogens with zero attached hydrogens (tertiary/aromatic N) is 3. The molecule has 1 aromatic carbocycles. The molecule has 1 N–H and O–H groups in total. The molecule has 1 amide bonds. The fourth-order valence-electron chi connectivity index (χ4n) is 2.06. The van der Waals surface area contributed by atoms with Crippen molar-refractivity contribution in [3.63, 3.8) is 0 Å². The largest absolute Gasteiger partial charge is 0.480 e. The van der Waals surface area contributed by atoms with Gasteiger partial charge in [-0.2, -0.15) is 0 Å². The van der Waals surface area contributed by atoms with E-state index in [1.165, 1.54) is 0 Å². The number of imidazole rings is 1. The minimum atomic E-state index is -0.703. The molecule has 3 rings (SSSR count). The number of nitrogens with one attached hydrogen (secondary N) is 1. The van der Waals surface area contributed by atoms with Gasteiger partial charge in [-0.25, -0.2) is 4.98 Å². The highest BCUT2D eigenvalue weighted by Gasteiger charge is 2.19. The maximum absolute atomic E-state index is 12.2. The van der Waals surface area contributed by atoms with Crippen LogP contribution in [0.15, 0.2) is 51.7 Å². The van der Waals surface area contributed by atoms with Gasteiger partial charge in [0.2, 0.25) is 5.88 Å². The molecule has 24 heavy (non-hydrogen) atoms. The molecule has 0 fully saturated rings. The smallest absolute Gasteiger partial charge is 0.267 e. The lowest BCUT2D eigenvalue weighted by molar-refractivity contribution is -0.122. The monoisotopic (exact) mass is 390 g/mol. The van der Waals surface area contributed by atoms with Crippen molar-refractivity contribution >= 4 is 27.7 Å². The van der Waals surface area contributed by atoms with Gasteiger partial charge in [0.15, 0.2) is 17.6 Å². The quantitative estimate of drug-likeness (QED) is 0.722. The Balaban J connectivity index is 1.66. The first-order valence-corrected chi connectivity index (χ1v) is 8.00. The summed E-state index contributed by atoms with van der Waals surface area (Å²) in [5.41, 5.74) is 0.539. The predicted molar refractivity (Wildman–Crippen MR) is 91.6 cm³/mol. The van der Waals surface area contributed by atoms with Gasteiger partial charge in [0.05, 0.1) is 4.47 Å². The van der Waals surface area contributed by atoms with Crippen LogP contribution in [0.25, 0.3) is 11.5 Å². The summed E-state index contributed by atoms with van der Waals surface area (Å²) in [7, 11) is 1.85. The van der Waals surface area contributed by atoms with E-state index >= 15 is 0 Å². The van der Waals surface area contributed by atoms with Gasteiger partial charge < -0.3 is 13.8 Å². The lowest BCUT2D eigenvalue weighted by atomic mass is 10.3. The molecule has 0 saturated carbocycles. The summed E-state index contributed by atoms with van der Waals surface area (Å²) >= 11 is 3.38. The lowest BCUT2D eigenvalue weighted by Crippen LogP contribution is -2.30. The van der Waals surface area contributed by atoms with Crippen molar-refractivity contribution in [2.24, 2.45) is 7.05 Å². The van der Waals surface area contributed by atoms with E-state index in [9.17, 15) is 4.79 Å². The summed E-state index contributed by atoms with van der Waals surface area (Å²) in [5, 5.41) is 6.55. The number of carbonyl (C=O) groups is 1. The summed E-state index contributed by atoms with van der Waals surface area (Å²) in [6.07, 6.45) is 2.76. The molecule has 0 bridgehead atoms. The molecule has 1 atom stereocenters. The van der Waals surface area contributed by atoms with Crippen molar-refractivity contribution in [2.45, 2.75) is 13.0 Å². The van der Waals surface area contributed by atoms with Crippen molar-refractivity contribution in [3.05, 3.63) is 47.2 Å². The van der Waals surface area contributed by atoms with Gasteiger partial charge in [0.1, 0.15) is 5.75 Å². The highest BCUT2D eigenvalue weighted by atomic mass is 79.9. The summed E-state index contributed by atoms with van der Waals surface area (Å²) < 4.78 is 13.4. The SMILES string of the molecule is C[C@H](Oc1ccccc1Br)C(=O)Nc1cc(-c2nccn2C)no1. The Morgan fingerprint density at radius 3 is 2.92 bits per heavy atom. The van der Waals surface area contributed by atoms with E-state index in [-0.39, 0.29) is 11.8 Å². The van der Waals surface area contributed by atoms with E-state index in [1.807, 2.05) is 29.8 Å². The molecule has 2 heterocycles. The molecule has 0 saturated heterocycles. The summed E-state index contributed by atoms with van der Waals surface area (Å²) in [6, 6.07) is 8.94. The summed E-state index contributed by atoms with van der Waals surface area (Å²) in [6.45, 7) is 1.66. The molecule has 0 unspecified atom stereocenters. The van der Waals surface area contributed by atoms with Crippen molar-refractivity contribution in [3.8, 4) is 17.3 Å². The zero-order valence-corrected chi connectivity index (χ0v) is 14.6. The second kappa shape index (κ2) is 6.88. The molecule has 0 radical (unpaired) electrons. The molecular weight excluding hydrogens is 376 g/mol. The Labute approximate surface area is 146 Å². The van der Waals surface area contributed by atoms with Gasteiger partial charge >= 0.3 is 0 Å². The predicted octanol–water partition coefficient (Wildman–Crippen LogP) is 3.24. The van der Waals surface area contributed by atoms with Gasteiger partial charge in [-0.15, -0.1) is 0 Å². The average molecular weight is 391 g/mol. The fraction of sp³-hybridized carbons (Fsp3) is 0.188. The van der Waals surface area contributed by atoms with Crippen LogP contribution in [0.3, 0.4) is 0 Å². The van der Waals surface area contributed by atoms with Crippen molar-refractivity contribution in [1.82, 2.24) is 14.7 Å². The first-order chi connectivity index (χ1) is 11.5.